The number of allylic oxidation sites excluding steroid dienone is 5. The van der Waals surface area contributed by atoms with Crippen LogP contribution in [0.5, 0.6) is 0 Å². The lowest BCUT2D eigenvalue weighted by atomic mass is 9.97. The van der Waals surface area contributed by atoms with Gasteiger partial charge in [0.25, 0.3) is 0 Å². The van der Waals surface area contributed by atoms with Gasteiger partial charge in [0, 0.05) is 6.42 Å². The zero-order valence-corrected chi connectivity index (χ0v) is 65.0. The lowest BCUT2D eigenvalue weighted by Gasteiger charge is -2.46. The van der Waals surface area contributed by atoms with Gasteiger partial charge in [0.05, 0.1) is 32.0 Å². The number of hydrogen-bond donors (Lipinski definition) is 9. The summed E-state index contributed by atoms with van der Waals surface area (Å²) in [6, 6.07) is -0.938. The Morgan fingerprint density at radius 2 is 0.640 bits per heavy atom. The number of carbonyl (C=O) groups is 1. The lowest BCUT2D eigenvalue weighted by Crippen LogP contribution is -2.65. The number of hydrogen-bond acceptors (Lipinski definition) is 13. The molecule has 2 rings (SSSR count). The van der Waals surface area contributed by atoms with Gasteiger partial charge < -0.3 is 65.1 Å². The minimum atomic E-state index is -1.79. The average Bonchev–Trinajstić information content (AvgIpc) is 0.791. The summed E-state index contributed by atoms with van der Waals surface area (Å²) >= 11 is 0. The van der Waals surface area contributed by atoms with Crippen LogP contribution in [-0.4, -0.2) is 140 Å². The minimum absolute atomic E-state index is 0.244. The second-order valence-electron chi connectivity index (χ2n) is 30.7. The predicted molar refractivity (Wildman–Crippen MR) is 415 cm³/mol. The summed E-state index contributed by atoms with van der Waals surface area (Å²) in [5.41, 5.74) is 0. The van der Waals surface area contributed by atoms with Gasteiger partial charge in [0.1, 0.15) is 48.8 Å². The Morgan fingerprint density at radius 3 is 0.980 bits per heavy atom. The van der Waals surface area contributed by atoms with E-state index in [1.165, 1.54) is 334 Å². The molecule has 9 N–H and O–H groups in total. The van der Waals surface area contributed by atoms with Crippen LogP contribution >= 0.6 is 0 Å². The molecule has 0 aromatic heterocycles. The van der Waals surface area contributed by atoms with Crippen molar-refractivity contribution < 1.29 is 64.6 Å². The van der Waals surface area contributed by atoms with Crippen LogP contribution in [-0.2, 0) is 23.7 Å². The van der Waals surface area contributed by atoms with Gasteiger partial charge in [-0.25, -0.2) is 0 Å². The van der Waals surface area contributed by atoms with Crippen molar-refractivity contribution in [2.75, 3.05) is 19.8 Å². The molecule has 0 saturated carbocycles. The SMILES string of the molecule is CCCCCCCCCCCCCCCCCC/C=C/CC/C=C/CC/C=C/C(O)C(COC1OC(CO)C(OC2OC(CO)C(O)C(O)C2O)C(O)C1O)NC(=O)CCCCCCCCCCCCCCCCCCCCCCCCCCCCCCCCCCCCCCCCCC. The van der Waals surface area contributed by atoms with E-state index >= 15 is 0 Å². The fourth-order valence-corrected chi connectivity index (χ4v) is 14.5. The summed E-state index contributed by atoms with van der Waals surface area (Å²) in [6.45, 7) is 2.85. The fourth-order valence-electron chi connectivity index (χ4n) is 14.5. The van der Waals surface area contributed by atoms with Crippen molar-refractivity contribution in [1.29, 1.82) is 0 Å². The Morgan fingerprint density at radius 1 is 0.350 bits per heavy atom. The van der Waals surface area contributed by atoms with Gasteiger partial charge in [-0.15, -0.1) is 0 Å². The molecule has 0 aromatic rings. The van der Waals surface area contributed by atoms with Crippen molar-refractivity contribution in [2.24, 2.45) is 0 Å². The zero-order chi connectivity index (χ0) is 72.2. The molecule has 0 aromatic carbocycles. The zero-order valence-electron chi connectivity index (χ0n) is 65.0. The van der Waals surface area contributed by atoms with Gasteiger partial charge in [-0.3, -0.25) is 4.79 Å². The van der Waals surface area contributed by atoms with Gasteiger partial charge in [-0.1, -0.05) is 397 Å². The third kappa shape index (κ3) is 52.2. The van der Waals surface area contributed by atoms with Gasteiger partial charge in [0.15, 0.2) is 12.6 Å². The topological polar surface area (TPSA) is 228 Å². The van der Waals surface area contributed by atoms with Gasteiger partial charge in [-0.2, -0.15) is 0 Å². The van der Waals surface area contributed by atoms with Crippen LogP contribution in [0.1, 0.15) is 412 Å². The minimum Gasteiger partial charge on any atom is -0.394 e. The lowest BCUT2D eigenvalue weighted by molar-refractivity contribution is -0.359. The van der Waals surface area contributed by atoms with Crippen LogP contribution in [0.2, 0.25) is 0 Å². The van der Waals surface area contributed by atoms with Crippen molar-refractivity contribution in [3.63, 3.8) is 0 Å². The van der Waals surface area contributed by atoms with E-state index in [0.717, 1.165) is 44.9 Å². The predicted octanol–water partition coefficient (Wildman–Crippen LogP) is 20.4. The summed E-state index contributed by atoms with van der Waals surface area (Å²) in [5.74, 6) is -0.244. The number of rotatable bonds is 74. The van der Waals surface area contributed by atoms with E-state index in [0.29, 0.717) is 12.8 Å². The number of carbonyl (C=O) groups excluding carboxylic acids is 1. The number of nitrogens with one attached hydrogen (secondary N) is 1. The van der Waals surface area contributed by atoms with Gasteiger partial charge >= 0.3 is 0 Å². The first-order chi connectivity index (χ1) is 49.1. The first-order valence-electron chi connectivity index (χ1n) is 43.2. The third-order valence-corrected chi connectivity index (χ3v) is 21.3. The standard InChI is InChI=1S/C86H163NO13/c1-3-5-7-9-11-13-15-17-19-21-23-25-27-29-31-32-33-34-35-36-37-38-39-40-41-42-43-44-46-48-50-52-54-56-58-60-62-64-66-68-70-78(91)87-74(73-97-85-83(96)81(94)84(77(72-89)99-85)100-86-82(95)80(93)79(92)76(71-88)98-86)75(90)69-67-65-63-61-59-57-55-53-51-49-47-45-30-28-26-24-22-20-18-16-14-12-10-8-6-4-2/h51,53,59,61,67,69,74-77,79-86,88-90,92-96H,3-50,52,54-58,60,62-66,68,70-73H2,1-2H3,(H,87,91)/b53-51+,61-59+,69-67+. The van der Waals surface area contributed by atoms with Crippen molar-refractivity contribution in [1.82, 2.24) is 5.32 Å². The number of aliphatic hydroxyl groups excluding tert-OH is 8. The molecule has 0 spiro atoms. The van der Waals surface area contributed by atoms with Crippen LogP contribution in [0.15, 0.2) is 36.5 Å². The highest BCUT2D eigenvalue weighted by molar-refractivity contribution is 5.76. The van der Waals surface area contributed by atoms with E-state index in [1.54, 1.807) is 6.08 Å². The van der Waals surface area contributed by atoms with Crippen LogP contribution < -0.4 is 5.32 Å². The van der Waals surface area contributed by atoms with Crippen molar-refractivity contribution >= 4 is 5.91 Å². The highest BCUT2D eigenvalue weighted by Gasteiger charge is 2.51. The van der Waals surface area contributed by atoms with E-state index < -0.39 is 86.8 Å². The molecule has 2 heterocycles. The van der Waals surface area contributed by atoms with Crippen LogP contribution in [0.4, 0.5) is 0 Å². The Bertz CT molecular complexity index is 1820. The van der Waals surface area contributed by atoms with E-state index in [4.69, 9.17) is 18.9 Å². The summed E-state index contributed by atoms with van der Waals surface area (Å²) < 4.78 is 22.9. The van der Waals surface area contributed by atoms with E-state index in [1.807, 2.05) is 6.08 Å². The Balaban J connectivity index is 1.57. The summed E-state index contributed by atoms with van der Waals surface area (Å²) in [4.78, 5) is 13.4. The normalized spacial score (nSPS) is 21.9. The fraction of sp³-hybridized carbons (Fsp3) is 0.919. The Kier molecular flexibility index (Phi) is 66.2. The molecule has 1 amide bonds. The van der Waals surface area contributed by atoms with E-state index in [9.17, 15) is 45.6 Å². The molecule has 12 unspecified atom stereocenters. The van der Waals surface area contributed by atoms with Crippen LogP contribution in [0.25, 0.3) is 0 Å². The Hall–Kier alpha value is -1.79. The largest absolute Gasteiger partial charge is 0.394 e. The first kappa shape index (κ1) is 94.3. The monoisotopic (exact) mass is 1420 g/mol. The molecule has 590 valence electrons. The van der Waals surface area contributed by atoms with Crippen molar-refractivity contribution in [2.45, 2.75) is 485 Å². The smallest absolute Gasteiger partial charge is 0.220 e. The quantitative estimate of drug-likeness (QED) is 0.0204. The first-order valence-corrected chi connectivity index (χ1v) is 43.2. The van der Waals surface area contributed by atoms with Crippen LogP contribution in [0, 0.1) is 0 Å². The second-order valence-corrected chi connectivity index (χ2v) is 30.7. The molecule has 0 aliphatic carbocycles. The molecule has 2 fully saturated rings. The molecule has 2 saturated heterocycles. The summed E-state index contributed by atoms with van der Waals surface area (Å²) in [7, 11) is 0. The maximum absolute atomic E-state index is 13.4. The molecule has 2 aliphatic rings. The molecule has 14 nitrogen and oxygen atoms in total. The molecule has 100 heavy (non-hydrogen) atoms. The molecule has 2 aliphatic heterocycles. The number of aliphatic hydroxyl groups is 8. The van der Waals surface area contributed by atoms with Gasteiger partial charge in [0.2, 0.25) is 5.91 Å². The number of ether oxygens (including phenoxy) is 4. The average molecular weight is 1420 g/mol. The highest BCUT2D eigenvalue weighted by atomic mass is 16.7. The molecule has 14 heteroatoms. The van der Waals surface area contributed by atoms with Crippen molar-refractivity contribution in [3.05, 3.63) is 36.5 Å². The third-order valence-electron chi connectivity index (χ3n) is 21.3. The maximum Gasteiger partial charge on any atom is 0.220 e. The number of amides is 1. The molecular weight excluding hydrogens is 1250 g/mol. The second kappa shape index (κ2) is 70.2. The molecular formula is C86H163NO13. The summed E-state index contributed by atoms with van der Waals surface area (Å²) in [6.07, 6.45) is 77.0. The molecule has 12 atom stereocenters. The van der Waals surface area contributed by atoms with E-state index in [-0.39, 0.29) is 18.9 Å². The van der Waals surface area contributed by atoms with Crippen molar-refractivity contribution in [3.8, 4) is 0 Å². The van der Waals surface area contributed by atoms with E-state index in [2.05, 4.69) is 43.5 Å². The van der Waals surface area contributed by atoms with Gasteiger partial charge in [-0.05, 0) is 44.9 Å². The number of unbranched alkanes of at least 4 members (excludes halogenated alkanes) is 57. The molecule has 0 bridgehead atoms. The highest BCUT2D eigenvalue weighted by Crippen LogP contribution is 2.31. The molecule has 0 radical (unpaired) electrons. The maximum atomic E-state index is 13.4. The Labute approximate surface area is 614 Å². The van der Waals surface area contributed by atoms with Crippen LogP contribution in [0.3, 0.4) is 0 Å². The summed E-state index contributed by atoms with van der Waals surface area (Å²) in [5, 5.41) is 87.7.